The summed E-state index contributed by atoms with van der Waals surface area (Å²) in [5.41, 5.74) is 3.20. The van der Waals surface area contributed by atoms with Crippen molar-refractivity contribution in [3.8, 4) is 0 Å². The number of rotatable bonds is 6. The average molecular weight is 426 g/mol. The van der Waals surface area contributed by atoms with Crippen LogP contribution in [-0.4, -0.2) is 16.8 Å². The second-order valence-corrected chi connectivity index (χ2v) is 7.86. The van der Waals surface area contributed by atoms with E-state index in [2.05, 4.69) is 15.6 Å². The first kappa shape index (κ1) is 20.9. The number of thioether (sulfide) groups is 1. The van der Waals surface area contributed by atoms with E-state index < -0.39 is 0 Å². The Bertz CT molecular complexity index is 1060. The van der Waals surface area contributed by atoms with Gasteiger partial charge in [0, 0.05) is 34.5 Å². The quantitative estimate of drug-likeness (QED) is 0.508. The number of hydrogen-bond donors (Lipinski definition) is 2. The summed E-state index contributed by atoms with van der Waals surface area (Å²) < 4.78 is 0. The van der Waals surface area contributed by atoms with Gasteiger partial charge in [-0.15, -0.1) is 11.8 Å². The van der Waals surface area contributed by atoms with Crippen molar-refractivity contribution in [1.82, 2.24) is 4.98 Å². The molecular weight excluding hydrogens is 406 g/mol. The van der Waals surface area contributed by atoms with Crippen LogP contribution < -0.4 is 10.6 Å². The molecule has 3 aromatic rings. The number of halogens is 1. The van der Waals surface area contributed by atoms with Gasteiger partial charge in [0.15, 0.2) is 0 Å². The number of nitrogens with zero attached hydrogens (tertiary/aromatic N) is 1. The lowest BCUT2D eigenvalue weighted by atomic mass is 10.2. The number of carbonyl (C=O) groups is 2. The number of carbonyl (C=O) groups excluding carboxylic acids is 2. The predicted octanol–water partition coefficient (Wildman–Crippen LogP) is 5.55. The first-order chi connectivity index (χ1) is 13.9. The molecule has 7 heteroatoms. The van der Waals surface area contributed by atoms with Crippen molar-refractivity contribution in [3.63, 3.8) is 0 Å². The Hall–Kier alpha value is -2.83. The summed E-state index contributed by atoms with van der Waals surface area (Å²) in [4.78, 5) is 29.0. The maximum atomic E-state index is 12.8. The zero-order chi connectivity index (χ0) is 20.8. The van der Waals surface area contributed by atoms with Crippen molar-refractivity contribution in [3.05, 3.63) is 82.5 Å². The van der Waals surface area contributed by atoms with Gasteiger partial charge in [0.2, 0.25) is 5.91 Å². The van der Waals surface area contributed by atoms with E-state index in [9.17, 15) is 9.59 Å². The molecule has 0 radical (unpaired) electrons. The van der Waals surface area contributed by atoms with Gasteiger partial charge in [-0.3, -0.25) is 9.59 Å². The van der Waals surface area contributed by atoms with Gasteiger partial charge in [0.1, 0.15) is 5.82 Å². The van der Waals surface area contributed by atoms with Crippen molar-refractivity contribution in [2.75, 3.05) is 10.6 Å². The molecule has 0 fully saturated rings. The van der Waals surface area contributed by atoms with E-state index in [1.165, 1.54) is 6.92 Å². The second-order valence-electron chi connectivity index (χ2n) is 6.43. The number of aryl methyl sites for hydroxylation is 1. The van der Waals surface area contributed by atoms with Crippen LogP contribution >= 0.6 is 23.4 Å². The Labute approximate surface area is 178 Å². The summed E-state index contributed by atoms with van der Waals surface area (Å²) in [6.07, 6.45) is 1.66. The number of anilines is 2. The predicted molar refractivity (Wildman–Crippen MR) is 119 cm³/mol. The van der Waals surface area contributed by atoms with E-state index in [1.807, 2.05) is 43.3 Å². The summed E-state index contributed by atoms with van der Waals surface area (Å²) in [5.74, 6) is 0.810. The van der Waals surface area contributed by atoms with Crippen LogP contribution in [0.4, 0.5) is 11.5 Å². The fourth-order valence-electron chi connectivity index (χ4n) is 2.67. The highest BCUT2D eigenvalue weighted by Gasteiger charge is 2.12. The minimum absolute atomic E-state index is 0.165. The number of aromatic nitrogens is 1. The van der Waals surface area contributed by atoms with E-state index in [0.717, 1.165) is 16.0 Å². The summed E-state index contributed by atoms with van der Waals surface area (Å²) in [7, 11) is 0. The molecule has 0 unspecified atom stereocenters. The number of nitrogens with one attached hydrogen (secondary N) is 2. The van der Waals surface area contributed by atoms with Gasteiger partial charge in [-0.1, -0.05) is 23.7 Å². The van der Waals surface area contributed by atoms with Crippen molar-refractivity contribution in [2.24, 2.45) is 0 Å². The lowest BCUT2D eigenvalue weighted by Crippen LogP contribution is -2.13. The van der Waals surface area contributed by atoms with Crippen molar-refractivity contribution in [2.45, 2.75) is 24.5 Å². The Balaban J connectivity index is 1.72. The van der Waals surface area contributed by atoms with Crippen molar-refractivity contribution >= 4 is 46.7 Å². The molecule has 0 atom stereocenters. The van der Waals surface area contributed by atoms with Crippen LogP contribution in [0.3, 0.4) is 0 Å². The molecule has 0 aliphatic heterocycles. The molecule has 0 saturated heterocycles. The van der Waals surface area contributed by atoms with Crippen LogP contribution in [-0.2, 0) is 10.5 Å². The van der Waals surface area contributed by atoms with Crippen LogP contribution in [0.2, 0.25) is 5.02 Å². The molecule has 1 aromatic heterocycles. The fourth-order valence-corrected chi connectivity index (χ4v) is 3.79. The van der Waals surface area contributed by atoms with Crippen LogP contribution in [0.25, 0.3) is 0 Å². The highest BCUT2D eigenvalue weighted by atomic mass is 35.5. The minimum Gasteiger partial charge on any atom is -0.322 e. The monoisotopic (exact) mass is 425 g/mol. The SMILES string of the molecule is CC(=O)Nc1cc(CSc2ccccc2C(=O)Nc2ccc(Cl)c(C)c2)ccn1. The van der Waals surface area contributed by atoms with E-state index in [0.29, 0.717) is 27.8 Å². The van der Waals surface area contributed by atoms with E-state index in [-0.39, 0.29) is 11.8 Å². The van der Waals surface area contributed by atoms with Gasteiger partial charge in [-0.2, -0.15) is 0 Å². The highest BCUT2D eigenvalue weighted by molar-refractivity contribution is 7.98. The van der Waals surface area contributed by atoms with Gasteiger partial charge < -0.3 is 10.6 Å². The largest absolute Gasteiger partial charge is 0.322 e. The minimum atomic E-state index is -0.177. The van der Waals surface area contributed by atoms with Crippen molar-refractivity contribution < 1.29 is 9.59 Å². The molecule has 2 aromatic carbocycles. The third-order valence-corrected chi connectivity index (χ3v) is 5.64. The highest BCUT2D eigenvalue weighted by Crippen LogP contribution is 2.28. The summed E-state index contributed by atoms with van der Waals surface area (Å²) in [6.45, 7) is 3.34. The van der Waals surface area contributed by atoms with Crippen LogP contribution in [0.5, 0.6) is 0 Å². The van der Waals surface area contributed by atoms with Gasteiger partial charge in [0.25, 0.3) is 5.91 Å². The van der Waals surface area contributed by atoms with Gasteiger partial charge in [0.05, 0.1) is 5.56 Å². The molecule has 2 amide bonds. The summed E-state index contributed by atoms with van der Waals surface area (Å²) >= 11 is 7.60. The van der Waals surface area contributed by atoms with Gasteiger partial charge in [-0.05, 0) is 60.5 Å². The Morgan fingerprint density at radius 2 is 1.86 bits per heavy atom. The molecular formula is C22H20ClN3O2S. The molecule has 29 heavy (non-hydrogen) atoms. The van der Waals surface area contributed by atoms with Gasteiger partial charge in [-0.25, -0.2) is 4.98 Å². The van der Waals surface area contributed by atoms with Gasteiger partial charge >= 0.3 is 0 Å². The maximum absolute atomic E-state index is 12.8. The molecule has 0 spiro atoms. The molecule has 148 valence electrons. The van der Waals surface area contributed by atoms with Crippen LogP contribution in [0.15, 0.2) is 65.7 Å². The first-order valence-corrected chi connectivity index (χ1v) is 10.3. The number of hydrogen-bond acceptors (Lipinski definition) is 4. The zero-order valence-corrected chi connectivity index (χ0v) is 17.6. The van der Waals surface area contributed by atoms with E-state index in [1.54, 1.807) is 36.2 Å². The van der Waals surface area contributed by atoms with Crippen LogP contribution in [0, 0.1) is 6.92 Å². The normalized spacial score (nSPS) is 10.4. The number of pyridine rings is 1. The average Bonchev–Trinajstić information content (AvgIpc) is 2.69. The molecule has 2 N–H and O–H groups in total. The maximum Gasteiger partial charge on any atom is 0.256 e. The Morgan fingerprint density at radius 1 is 1.07 bits per heavy atom. The first-order valence-electron chi connectivity index (χ1n) is 8.94. The summed E-state index contributed by atoms with van der Waals surface area (Å²) in [6, 6.07) is 16.6. The van der Waals surface area contributed by atoms with E-state index >= 15 is 0 Å². The Kier molecular flexibility index (Phi) is 6.90. The molecule has 5 nitrogen and oxygen atoms in total. The standard InChI is InChI=1S/C22H20ClN3O2S/c1-14-11-17(7-8-19(14)23)26-22(28)18-5-3-4-6-20(18)29-13-16-9-10-24-21(12-16)25-15(2)27/h3-12H,13H2,1-2H3,(H,26,28)(H,24,25,27). The lowest BCUT2D eigenvalue weighted by Gasteiger charge is -2.11. The Morgan fingerprint density at radius 3 is 2.62 bits per heavy atom. The lowest BCUT2D eigenvalue weighted by molar-refractivity contribution is -0.114. The smallest absolute Gasteiger partial charge is 0.256 e. The summed E-state index contributed by atoms with van der Waals surface area (Å²) in [5, 5.41) is 6.27. The third-order valence-electron chi connectivity index (χ3n) is 4.07. The second kappa shape index (κ2) is 9.58. The van der Waals surface area contributed by atoms with Crippen molar-refractivity contribution in [1.29, 1.82) is 0 Å². The van der Waals surface area contributed by atoms with Crippen LogP contribution in [0.1, 0.15) is 28.4 Å². The fraction of sp³-hybridized carbons (Fsp3) is 0.136. The molecule has 0 aliphatic rings. The molecule has 0 saturated carbocycles. The van der Waals surface area contributed by atoms with E-state index in [4.69, 9.17) is 11.6 Å². The topological polar surface area (TPSA) is 71.1 Å². The molecule has 0 bridgehead atoms. The zero-order valence-electron chi connectivity index (χ0n) is 16.0. The molecule has 3 rings (SSSR count). The molecule has 1 heterocycles. The number of amides is 2. The third kappa shape index (κ3) is 5.82. The number of benzene rings is 2. The molecule has 0 aliphatic carbocycles.